The topological polar surface area (TPSA) is 45.7 Å². The van der Waals surface area contributed by atoms with Crippen LogP contribution in [0.3, 0.4) is 0 Å². The summed E-state index contributed by atoms with van der Waals surface area (Å²) < 4.78 is 5.71. The van der Waals surface area contributed by atoms with Crippen molar-refractivity contribution in [2.75, 3.05) is 32.1 Å². The lowest BCUT2D eigenvalue weighted by molar-refractivity contribution is 0.0160. The second-order valence-electron chi connectivity index (χ2n) is 5.56. The van der Waals surface area contributed by atoms with Crippen LogP contribution in [0.25, 0.3) is 0 Å². The van der Waals surface area contributed by atoms with Crippen molar-refractivity contribution in [3.8, 4) is 5.88 Å². The summed E-state index contributed by atoms with van der Waals surface area (Å²) >= 11 is 0. The highest BCUT2D eigenvalue weighted by Crippen LogP contribution is 2.19. The molecule has 114 valence electrons. The molecule has 3 rings (SSSR count). The largest absolute Gasteiger partial charge is 0.471 e. The van der Waals surface area contributed by atoms with E-state index in [1.165, 1.54) is 0 Å². The average molecular weight is 297 g/mol. The van der Waals surface area contributed by atoms with Gasteiger partial charge in [0.2, 0.25) is 5.88 Å². The lowest BCUT2D eigenvalue weighted by Gasteiger charge is -2.38. The number of hydrogen-bond donors (Lipinski definition) is 0. The zero-order chi connectivity index (χ0) is 15.5. The van der Waals surface area contributed by atoms with E-state index in [2.05, 4.69) is 4.98 Å². The van der Waals surface area contributed by atoms with Crippen molar-refractivity contribution in [2.24, 2.45) is 0 Å². The lowest BCUT2D eigenvalue weighted by atomic mass is 10.1. The number of nitrogens with zero attached hydrogens (tertiary/aromatic N) is 3. The first-order chi connectivity index (χ1) is 10.6. The molecule has 0 radical (unpaired) electrons. The fourth-order valence-electron chi connectivity index (χ4n) is 2.35. The van der Waals surface area contributed by atoms with Gasteiger partial charge >= 0.3 is 0 Å². The van der Waals surface area contributed by atoms with E-state index in [-0.39, 0.29) is 12.0 Å². The molecular formula is C17H19N3O2. The van der Waals surface area contributed by atoms with Crippen LogP contribution in [-0.2, 0) is 0 Å². The Balaban J connectivity index is 1.55. The quantitative estimate of drug-likeness (QED) is 0.866. The molecule has 0 spiro atoms. The molecule has 0 unspecified atom stereocenters. The number of carbonyl (C=O) groups excluding carboxylic acids is 1. The molecule has 5 heteroatoms. The molecule has 2 aromatic rings. The second kappa shape index (κ2) is 6.05. The predicted octanol–water partition coefficient (Wildman–Crippen LogP) is 2.05. The van der Waals surface area contributed by atoms with Crippen LogP contribution in [0.5, 0.6) is 5.88 Å². The fourth-order valence-corrected chi connectivity index (χ4v) is 2.35. The van der Waals surface area contributed by atoms with Crippen LogP contribution >= 0.6 is 0 Å². The van der Waals surface area contributed by atoms with Gasteiger partial charge in [-0.25, -0.2) is 4.98 Å². The summed E-state index contributed by atoms with van der Waals surface area (Å²) in [5.41, 5.74) is 1.79. The van der Waals surface area contributed by atoms with E-state index in [0.29, 0.717) is 24.5 Å². The Labute approximate surface area is 130 Å². The van der Waals surface area contributed by atoms with E-state index < -0.39 is 0 Å². The Morgan fingerprint density at radius 2 is 1.91 bits per heavy atom. The number of carbonyl (C=O) groups is 1. The summed E-state index contributed by atoms with van der Waals surface area (Å²) in [5.74, 6) is 0.654. The zero-order valence-corrected chi connectivity index (χ0v) is 12.8. The molecule has 1 fully saturated rings. The molecule has 1 saturated heterocycles. The number of rotatable bonds is 4. The van der Waals surface area contributed by atoms with Crippen molar-refractivity contribution >= 4 is 11.6 Å². The van der Waals surface area contributed by atoms with Crippen molar-refractivity contribution in [2.45, 2.75) is 6.10 Å². The third-order valence-corrected chi connectivity index (χ3v) is 3.69. The van der Waals surface area contributed by atoms with Crippen LogP contribution in [0.1, 0.15) is 10.4 Å². The Hall–Kier alpha value is -2.56. The Bertz CT molecular complexity index is 635. The van der Waals surface area contributed by atoms with Gasteiger partial charge in [0.05, 0.1) is 13.1 Å². The molecule has 0 N–H and O–H groups in total. The van der Waals surface area contributed by atoms with Crippen LogP contribution in [0.15, 0.2) is 48.7 Å². The zero-order valence-electron chi connectivity index (χ0n) is 12.8. The van der Waals surface area contributed by atoms with Crippen LogP contribution < -0.4 is 9.64 Å². The van der Waals surface area contributed by atoms with E-state index >= 15 is 0 Å². The summed E-state index contributed by atoms with van der Waals surface area (Å²) in [6.45, 7) is 1.20. The number of amides is 1. The smallest absolute Gasteiger partial charge is 0.254 e. The van der Waals surface area contributed by atoms with Crippen molar-refractivity contribution in [3.63, 3.8) is 0 Å². The van der Waals surface area contributed by atoms with Crippen molar-refractivity contribution in [1.29, 1.82) is 0 Å². The maximum Gasteiger partial charge on any atom is 0.254 e. The molecule has 1 aromatic carbocycles. The van der Waals surface area contributed by atoms with E-state index in [1.807, 2.05) is 61.5 Å². The highest BCUT2D eigenvalue weighted by atomic mass is 16.5. The summed E-state index contributed by atoms with van der Waals surface area (Å²) in [6.07, 6.45) is 1.73. The summed E-state index contributed by atoms with van der Waals surface area (Å²) in [6, 6.07) is 13.2. The van der Waals surface area contributed by atoms with Gasteiger partial charge in [-0.05, 0) is 30.3 Å². The number of hydrogen-bond acceptors (Lipinski definition) is 4. The van der Waals surface area contributed by atoms with Gasteiger partial charge in [-0.3, -0.25) is 4.79 Å². The van der Waals surface area contributed by atoms with Crippen molar-refractivity contribution in [1.82, 2.24) is 9.88 Å². The maximum absolute atomic E-state index is 12.3. The lowest BCUT2D eigenvalue weighted by Crippen LogP contribution is -2.56. The Kier molecular flexibility index (Phi) is 3.96. The minimum Gasteiger partial charge on any atom is -0.471 e. The first-order valence-corrected chi connectivity index (χ1v) is 7.28. The average Bonchev–Trinajstić information content (AvgIpc) is 2.51. The molecule has 1 aromatic heterocycles. The number of ether oxygens (including phenoxy) is 1. The van der Waals surface area contributed by atoms with Crippen molar-refractivity contribution < 1.29 is 9.53 Å². The number of pyridine rings is 1. The monoisotopic (exact) mass is 297 g/mol. The SMILES string of the molecule is CN(C)c1ccc(C(=O)N2CC(Oc3ccccn3)C2)cc1. The number of aromatic nitrogens is 1. The van der Waals surface area contributed by atoms with Gasteiger partial charge in [-0.15, -0.1) is 0 Å². The van der Waals surface area contributed by atoms with Crippen LogP contribution in [-0.4, -0.2) is 49.1 Å². The summed E-state index contributed by atoms with van der Waals surface area (Å²) in [4.78, 5) is 20.3. The van der Waals surface area contributed by atoms with Gasteiger partial charge in [-0.1, -0.05) is 6.07 Å². The normalized spacial score (nSPS) is 14.4. The van der Waals surface area contributed by atoms with E-state index in [1.54, 1.807) is 11.1 Å². The van der Waals surface area contributed by atoms with E-state index in [9.17, 15) is 4.79 Å². The minimum absolute atomic E-state index is 0.0277. The Morgan fingerprint density at radius 3 is 2.50 bits per heavy atom. The molecule has 22 heavy (non-hydrogen) atoms. The summed E-state index contributed by atoms with van der Waals surface area (Å²) in [7, 11) is 3.96. The van der Waals surface area contributed by atoms with Gasteiger partial charge in [0.25, 0.3) is 5.91 Å². The van der Waals surface area contributed by atoms with Gasteiger partial charge in [0.1, 0.15) is 6.10 Å². The number of likely N-dealkylation sites (tertiary alicyclic amines) is 1. The number of anilines is 1. The molecular weight excluding hydrogens is 278 g/mol. The minimum atomic E-state index is 0.0277. The maximum atomic E-state index is 12.3. The van der Waals surface area contributed by atoms with E-state index in [0.717, 1.165) is 5.69 Å². The van der Waals surface area contributed by atoms with Crippen LogP contribution in [0.4, 0.5) is 5.69 Å². The van der Waals surface area contributed by atoms with Gasteiger partial charge in [0.15, 0.2) is 0 Å². The number of benzene rings is 1. The molecule has 1 aliphatic rings. The highest BCUT2D eigenvalue weighted by molar-refractivity contribution is 5.95. The van der Waals surface area contributed by atoms with Crippen LogP contribution in [0.2, 0.25) is 0 Å². The highest BCUT2D eigenvalue weighted by Gasteiger charge is 2.33. The van der Waals surface area contributed by atoms with Crippen LogP contribution in [0, 0.1) is 0 Å². The molecule has 1 amide bonds. The van der Waals surface area contributed by atoms with E-state index in [4.69, 9.17) is 4.74 Å². The molecule has 0 bridgehead atoms. The van der Waals surface area contributed by atoms with Crippen molar-refractivity contribution in [3.05, 3.63) is 54.2 Å². The standard InChI is InChI=1S/C17H19N3O2/c1-19(2)14-8-6-13(7-9-14)17(21)20-11-15(12-20)22-16-5-3-4-10-18-16/h3-10,15H,11-12H2,1-2H3. The second-order valence-corrected chi connectivity index (χ2v) is 5.56. The van der Waals surface area contributed by atoms with Gasteiger partial charge < -0.3 is 14.5 Å². The Morgan fingerprint density at radius 1 is 1.18 bits per heavy atom. The predicted molar refractivity (Wildman–Crippen MR) is 85.3 cm³/mol. The molecule has 2 heterocycles. The third-order valence-electron chi connectivity index (χ3n) is 3.69. The summed E-state index contributed by atoms with van der Waals surface area (Å²) in [5, 5.41) is 0. The van der Waals surface area contributed by atoms with Gasteiger partial charge in [-0.2, -0.15) is 0 Å². The first-order valence-electron chi connectivity index (χ1n) is 7.28. The molecule has 5 nitrogen and oxygen atoms in total. The van der Waals surface area contributed by atoms with Gasteiger partial charge in [0, 0.05) is 37.6 Å². The fraction of sp³-hybridized carbons (Fsp3) is 0.294. The third kappa shape index (κ3) is 3.03. The first kappa shape index (κ1) is 14.4. The molecule has 0 aliphatic carbocycles. The molecule has 1 aliphatic heterocycles. The molecule has 0 atom stereocenters. The molecule has 0 saturated carbocycles.